The highest BCUT2D eigenvalue weighted by molar-refractivity contribution is 7.92. The topological polar surface area (TPSA) is 86.8 Å². The Balaban J connectivity index is 1.72. The second kappa shape index (κ2) is 13.7. The van der Waals surface area contributed by atoms with E-state index in [0.29, 0.717) is 15.6 Å². The van der Waals surface area contributed by atoms with Gasteiger partial charge in [0.15, 0.2) is 0 Å². The van der Waals surface area contributed by atoms with Gasteiger partial charge in [-0.1, -0.05) is 83.5 Å². The number of halogens is 4. The van der Waals surface area contributed by atoms with Crippen molar-refractivity contribution in [1.29, 1.82) is 0 Å². The largest absolute Gasteiger partial charge is 0.352 e. The van der Waals surface area contributed by atoms with Crippen LogP contribution < -0.4 is 9.62 Å². The monoisotopic (exact) mass is 655 g/mol. The Labute approximate surface area is 260 Å². The fourth-order valence-corrected chi connectivity index (χ4v) is 6.92. The summed E-state index contributed by atoms with van der Waals surface area (Å²) in [6, 6.07) is 16.1. The minimum Gasteiger partial charge on any atom is -0.352 e. The molecular formula is C29H29Cl4N3O4S. The van der Waals surface area contributed by atoms with Crippen LogP contribution in [0.5, 0.6) is 0 Å². The molecule has 1 aliphatic carbocycles. The maximum atomic E-state index is 14.0. The average Bonchev–Trinajstić information content (AvgIpc) is 3.46. The molecule has 1 saturated carbocycles. The standard InChI is InChI=1S/C29H29Cl4N3O4S/c1-19(29(38)34-22-7-5-6-8-22)35(17-20-11-13-24(31)26(33)15-20)28(37)18-36(27-16-21(30)12-14-25(27)32)41(39,40)23-9-3-2-4-10-23/h2-4,9-16,19,22H,5-8,17-18H2,1H3,(H,34,38)/t19-/m1/s1. The molecule has 3 aromatic rings. The molecular weight excluding hydrogens is 628 g/mol. The van der Waals surface area contributed by atoms with Gasteiger partial charge in [-0.3, -0.25) is 13.9 Å². The van der Waals surface area contributed by atoms with E-state index in [-0.39, 0.29) is 39.1 Å². The normalized spacial score (nSPS) is 14.5. The van der Waals surface area contributed by atoms with Crippen molar-refractivity contribution in [1.82, 2.24) is 10.2 Å². The first-order valence-electron chi connectivity index (χ1n) is 13.0. The molecule has 0 radical (unpaired) electrons. The summed E-state index contributed by atoms with van der Waals surface area (Å²) in [5.74, 6) is -0.954. The highest BCUT2D eigenvalue weighted by atomic mass is 35.5. The number of nitrogens with one attached hydrogen (secondary N) is 1. The second-order valence-electron chi connectivity index (χ2n) is 9.86. The number of carbonyl (C=O) groups excluding carboxylic acids is 2. The molecule has 1 atom stereocenters. The molecule has 0 unspecified atom stereocenters. The molecule has 7 nitrogen and oxygen atoms in total. The van der Waals surface area contributed by atoms with Crippen LogP contribution in [-0.2, 0) is 26.2 Å². The highest BCUT2D eigenvalue weighted by Gasteiger charge is 2.34. The lowest BCUT2D eigenvalue weighted by Crippen LogP contribution is -2.52. The first kappa shape index (κ1) is 31.4. The van der Waals surface area contributed by atoms with E-state index in [2.05, 4.69) is 5.32 Å². The predicted molar refractivity (Wildman–Crippen MR) is 164 cm³/mol. The van der Waals surface area contributed by atoms with E-state index in [1.807, 2.05) is 0 Å². The molecule has 0 aliphatic heterocycles. The average molecular weight is 657 g/mol. The molecule has 3 aromatic carbocycles. The van der Waals surface area contributed by atoms with E-state index in [9.17, 15) is 18.0 Å². The fourth-order valence-electron chi connectivity index (χ4n) is 4.72. The lowest BCUT2D eigenvalue weighted by atomic mass is 10.1. The number of anilines is 1. The van der Waals surface area contributed by atoms with Crippen LogP contribution in [0.15, 0.2) is 71.6 Å². The fraction of sp³-hybridized carbons (Fsp3) is 0.310. The zero-order valence-electron chi connectivity index (χ0n) is 22.2. The maximum absolute atomic E-state index is 14.0. The van der Waals surface area contributed by atoms with Crippen molar-refractivity contribution in [3.63, 3.8) is 0 Å². The third-order valence-corrected chi connectivity index (χ3v) is 10.1. The number of carbonyl (C=O) groups is 2. The van der Waals surface area contributed by atoms with Crippen LogP contribution in [0, 0.1) is 0 Å². The zero-order chi connectivity index (χ0) is 29.7. The Morgan fingerprint density at radius 3 is 2.22 bits per heavy atom. The number of amides is 2. The third kappa shape index (κ3) is 7.67. The number of rotatable bonds is 10. The van der Waals surface area contributed by atoms with Crippen LogP contribution in [0.1, 0.15) is 38.2 Å². The van der Waals surface area contributed by atoms with Crippen molar-refractivity contribution < 1.29 is 18.0 Å². The molecule has 1 aliphatic rings. The van der Waals surface area contributed by atoms with Gasteiger partial charge in [0.05, 0.1) is 25.7 Å². The van der Waals surface area contributed by atoms with Crippen molar-refractivity contribution in [3.05, 3.63) is 92.4 Å². The van der Waals surface area contributed by atoms with Crippen LogP contribution in [0.2, 0.25) is 20.1 Å². The van der Waals surface area contributed by atoms with Crippen LogP contribution in [0.4, 0.5) is 5.69 Å². The van der Waals surface area contributed by atoms with E-state index in [4.69, 9.17) is 46.4 Å². The summed E-state index contributed by atoms with van der Waals surface area (Å²) in [6.45, 7) is 0.958. The summed E-state index contributed by atoms with van der Waals surface area (Å²) in [5.41, 5.74) is 0.653. The number of sulfonamides is 1. The van der Waals surface area contributed by atoms with Gasteiger partial charge in [0.2, 0.25) is 11.8 Å². The van der Waals surface area contributed by atoms with Gasteiger partial charge in [-0.2, -0.15) is 0 Å². The van der Waals surface area contributed by atoms with E-state index in [1.54, 1.807) is 43.3 Å². The second-order valence-corrected chi connectivity index (χ2v) is 13.4. The lowest BCUT2D eigenvalue weighted by molar-refractivity contribution is -0.139. The number of nitrogens with zero attached hydrogens (tertiary/aromatic N) is 2. The van der Waals surface area contributed by atoms with E-state index >= 15 is 0 Å². The summed E-state index contributed by atoms with van der Waals surface area (Å²) in [5, 5.41) is 3.99. The summed E-state index contributed by atoms with van der Waals surface area (Å²) in [7, 11) is -4.27. The number of hydrogen-bond donors (Lipinski definition) is 1. The van der Waals surface area contributed by atoms with Crippen molar-refractivity contribution in [3.8, 4) is 0 Å². The Kier molecular flexibility index (Phi) is 10.5. The minimum absolute atomic E-state index is 0.0164. The SMILES string of the molecule is C[C@H](C(=O)NC1CCCC1)N(Cc1ccc(Cl)c(Cl)c1)C(=O)CN(c1cc(Cl)ccc1Cl)S(=O)(=O)c1ccccc1. The third-order valence-electron chi connectivity index (χ3n) is 6.99. The van der Waals surface area contributed by atoms with Crippen LogP contribution in [0.25, 0.3) is 0 Å². The highest BCUT2D eigenvalue weighted by Crippen LogP contribution is 2.33. The van der Waals surface area contributed by atoms with Crippen LogP contribution >= 0.6 is 46.4 Å². The molecule has 1 fully saturated rings. The molecule has 0 bridgehead atoms. The Morgan fingerprint density at radius 2 is 1.56 bits per heavy atom. The van der Waals surface area contributed by atoms with Gasteiger partial charge < -0.3 is 10.2 Å². The summed E-state index contributed by atoms with van der Waals surface area (Å²) < 4.78 is 28.7. The number of benzene rings is 3. The lowest BCUT2D eigenvalue weighted by Gasteiger charge is -2.32. The molecule has 0 heterocycles. The summed E-state index contributed by atoms with van der Waals surface area (Å²) in [4.78, 5) is 28.6. The van der Waals surface area contributed by atoms with Crippen molar-refractivity contribution in [2.75, 3.05) is 10.8 Å². The van der Waals surface area contributed by atoms with E-state index in [0.717, 1.165) is 30.0 Å². The molecule has 12 heteroatoms. The first-order valence-corrected chi connectivity index (χ1v) is 16.0. The molecule has 2 amide bonds. The van der Waals surface area contributed by atoms with Gasteiger partial charge in [0.1, 0.15) is 12.6 Å². The summed E-state index contributed by atoms with van der Waals surface area (Å²) in [6.07, 6.45) is 3.79. The van der Waals surface area contributed by atoms with Crippen molar-refractivity contribution >= 4 is 73.9 Å². The van der Waals surface area contributed by atoms with Gasteiger partial charge in [-0.05, 0) is 67.8 Å². The van der Waals surface area contributed by atoms with Gasteiger partial charge in [-0.15, -0.1) is 0 Å². The molecule has 41 heavy (non-hydrogen) atoms. The van der Waals surface area contributed by atoms with Crippen molar-refractivity contribution in [2.45, 2.75) is 56.1 Å². The Bertz CT molecular complexity index is 1520. The predicted octanol–water partition coefficient (Wildman–Crippen LogP) is 6.97. The summed E-state index contributed by atoms with van der Waals surface area (Å²) >= 11 is 25.0. The maximum Gasteiger partial charge on any atom is 0.264 e. The Hall–Kier alpha value is -2.49. The van der Waals surface area contributed by atoms with Gasteiger partial charge in [0, 0.05) is 17.6 Å². The van der Waals surface area contributed by atoms with Gasteiger partial charge in [0.25, 0.3) is 10.0 Å². The first-order chi connectivity index (χ1) is 19.5. The smallest absolute Gasteiger partial charge is 0.264 e. The number of hydrogen-bond acceptors (Lipinski definition) is 4. The zero-order valence-corrected chi connectivity index (χ0v) is 26.0. The van der Waals surface area contributed by atoms with Crippen LogP contribution in [-0.4, -0.2) is 43.8 Å². The molecule has 4 rings (SSSR count). The van der Waals surface area contributed by atoms with Crippen LogP contribution in [0.3, 0.4) is 0 Å². The van der Waals surface area contributed by atoms with Gasteiger partial charge >= 0.3 is 0 Å². The molecule has 0 spiro atoms. The molecule has 0 saturated heterocycles. The Morgan fingerprint density at radius 1 is 0.902 bits per heavy atom. The van der Waals surface area contributed by atoms with E-state index < -0.39 is 28.5 Å². The van der Waals surface area contributed by atoms with Gasteiger partial charge in [-0.25, -0.2) is 8.42 Å². The van der Waals surface area contributed by atoms with E-state index in [1.165, 1.54) is 35.2 Å². The quantitative estimate of drug-likeness (QED) is 0.255. The molecule has 0 aromatic heterocycles. The minimum atomic E-state index is -4.27. The van der Waals surface area contributed by atoms with Crippen molar-refractivity contribution in [2.24, 2.45) is 0 Å². The molecule has 1 N–H and O–H groups in total. The molecule has 218 valence electrons.